The number of piperidine rings is 1. The lowest BCUT2D eigenvalue weighted by Gasteiger charge is -2.34. The van der Waals surface area contributed by atoms with Crippen molar-refractivity contribution in [3.63, 3.8) is 0 Å². The fourth-order valence-electron chi connectivity index (χ4n) is 4.11. The van der Waals surface area contributed by atoms with Crippen LogP contribution in [-0.2, 0) is 11.8 Å². The van der Waals surface area contributed by atoms with Gasteiger partial charge in [-0.15, -0.1) is 5.10 Å². The molecule has 4 aromatic heterocycles. The van der Waals surface area contributed by atoms with E-state index in [1.807, 2.05) is 20.8 Å². The number of nitrogens with one attached hydrogen (secondary N) is 1. The highest BCUT2D eigenvalue weighted by Gasteiger charge is 2.28. The van der Waals surface area contributed by atoms with E-state index in [0.29, 0.717) is 47.6 Å². The van der Waals surface area contributed by atoms with Gasteiger partial charge in [0.1, 0.15) is 34.3 Å². The molecule has 0 spiro atoms. The quantitative estimate of drug-likeness (QED) is 0.455. The molecule has 1 atom stereocenters. The normalized spacial score (nSPS) is 16.4. The van der Waals surface area contributed by atoms with Gasteiger partial charge in [-0.1, -0.05) is 0 Å². The average molecular weight is 495 g/mol. The number of imidazole rings is 1. The SMILES string of the molecule is Cn1nnnc1-c1cc(N[C@@H]2CCCN(C(=O)OC(C)(C)C)C2)nc(-c2cnc3ccc(F)cn23)n1. The summed E-state index contributed by atoms with van der Waals surface area (Å²) in [4.78, 5) is 28.0. The van der Waals surface area contributed by atoms with Crippen LogP contribution in [0.5, 0.6) is 0 Å². The lowest BCUT2D eigenvalue weighted by atomic mass is 10.1. The van der Waals surface area contributed by atoms with Crippen LogP contribution in [-0.4, -0.2) is 75.3 Å². The molecule has 0 saturated carbocycles. The molecule has 0 bridgehead atoms. The second-order valence-electron chi connectivity index (χ2n) is 9.72. The zero-order valence-electron chi connectivity index (χ0n) is 20.5. The van der Waals surface area contributed by atoms with Gasteiger partial charge in [0.15, 0.2) is 5.82 Å². The molecule has 1 aliphatic rings. The molecule has 12 nitrogen and oxygen atoms in total. The third kappa shape index (κ3) is 4.95. The molecular weight excluding hydrogens is 467 g/mol. The van der Waals surface area contributed by atoms with Crippen LogP contribution in [0.3, 0.4) is 0 Å². The zero-order valence-corrected chi connectivity index (χ0v) is 20.5. The Labute approximate surface area is 206 Å². The van der Waals surface area contributed by atoms with E-state index in [4.69, 9.17) is 9.72 Å². The summed E-state index contributed by atoms with van der Waals surface area (Å²) < 4.78 is 22.6. The number of halogens is 1. The van der Waals surface area contributed by atoms with E-state index in [1.165, 1.54) is 16.9 Å². The number of pyridine rings is 1. The number of carbonyl (C=O) groups excluding carboxylic acids is 1. The number of rotatable bonds is 4. The van der Waals surface area contributed by atoms with Crippen LogP contribution in [0.15, 0.2) is 30.6 Å². The summed E-state index contributed by atoms with van der Waals surface area (Å²) in [6, 6.07) is 4.63. The van der Waals surface area contributed by atoms with E-state index < -0.39 is 11.4 Å². The number of carbonyl (C=O) groups is 1. The van der Waals surface area contributed by atoms with Gasteiger partial charge >= 0.3 is 6.09 Å². The van der Waals surface area contributed by atoms with Crippen molar-refractivity contribution in [2.75, 3.05) is 18.4 Å². The Morgan fingerprint density at radius 1 is 1.25 bits per heavy atom. The highest BCUT2D eigenvalue weighted by atomic mass is 19.1. The van der Waals surface area contributed by atoms with Crippen molar-refractivity contribution < 1.29 is 13.9 Å². The molecule has 5 heterocycles. The molecule has 1 saturated heterocycles. The standard InChI is InChI=1S/C23H27FN10O2/c1-23(2,3)36-22(35)33-9-5-6-15(13-33)26-18-10-16(21-29-30-31-32(21)4)27-20(28-18)17-11-25-19-8-7-14(24)12-34(17)19/h7-8,10-12,15H,5-6,9,13H2,1-4H3,(H,26,27,28)/t15-/m1/s1. The van der Waals surface area contributed by atoms with Crippen LogP contribution in [0.25, 0.3) is 28.7 Å². The topological polar surface area (TPSA) is 128 Å². The number of likely N-dealkylation sites (tertiary alicyclic amines) is 1. The lowest BCUT2D eigenvalue weighted by Crippen LogP contribution is -2.47. The Balaban J connectivity index is 1.48. The van der Waals surface area contributed by atoms with Gasteiger partial charge in [-0.3, -0.25) is 4.40 Å². The summed E-state index contributed by atoms with van der Waals surface area (Å²) in [6.45, 7) is 6.65. The van der Waals surface area contributed by atoms with E-state index >= 15 is 0 Å². The molecule has 0 aliphatic carbocycles. The van der Waals surface area contributed by atoms with E-state index in [9.17, 15) is 9.18 Å². The fourth-order valence-corrected chi connectivity index (χ4v) is 4.11. The number of tetrazole rings is 1. The zero-order chi connectivity index (χ0) is 25.4. The maximum absolute atomic E-state index is 14.0. The van der Waals surface area contributed by atoms with Gasteiger partial charge < -0.3 is 15.0 Å². The third-order valence-electron chi connectivity index (χ3n) is 5.70. The summed E-state index contributed by atoms with van der Waals surface area (Å²) in [5.41, 5.74) is 1.01. The molecule has 36 heavy (non-hydrogen) atoms. The molecule has 0 aromatic carbocycles. The Morgan fingerprint density at radius 3 is 2.83 bits per heavy atom. The monoisotopic (exact) mass is 494 g/mol. The van der Waals surface area contributed by atoms with Gasteiger partial charge in [0.2, 0.25) is 5.82 Å². The van der Waals surface area contributed by atoms with E-state index in [1.54, 1.807) is 34.7 Å². The van der Waals surface area contributed by atoms with Gasteiger partial charge in [0.05, 0.1) is 6.20 Å². The van der Waals surface area contributed by atoms with Crippen LogP contribution >= 0.6 is 0 Å². The van der Waals surface area contributed by atoms with Crippen LogP contribution in [0, 0.1) is 5.82 Å². The molecule has 1 fully saturated rings. The van der Waals surface area contributed by atoms with Crippen molar-refractivity contribution in [3.05, 3.63) is 36.4 Å². The number of ether oxygens (including phenoxy) is 1. The Kier molecular flexibility index (Phi) is 5.98. The van der Waals surface area contributed by atoms with Crippen LogP contribution in [0.1, 0.15) is 33.6 Å². The maximum atomic E-state index is 14.0. The Bertz CT molecular complexity index is 1410. The first-order chi connectivity index (χ1) is 17.2. The first-order valence-corrected chi connectivity index (χ1v) is 11.7. The third-order valence-corrected chi connectivity index (χ3v) is 5.70. The number of hydrogen-bond acceptors (Lipinski definition) is 9. The molecule has 188 valence electrons. The molecule has 1 amide bonds. The number of hydrogen-bond donors (Lipinski definition) is 1. The van der Waals surface area contributed by atoms with E-state index in [0.717, 1.165) is 12.8 Å². The minimum Gasteiger partial charge on any atom is -0.444 e. The summed E-state index contributed by atoms with van der Waals surface area (Å²) >= 11 is 0. The van der Waals surface area contributed by atoms with Gasteiger partial charge in [-0.2, -0.15) is 0 Å². The highest BCUT2D eigenvalue weighted by Crippen LogP contribution is 2.25. The van der Waals surface area contributed by atoms with Gasteiger partial charge in [-0.05, 0) is 56.2 Å². The van der Waals surface area contributed by atoms with Gasteiger partial charge in [0, 0.05) is 38.4 Å². The summed E-state index contributed by atoms with van der Waals surface area (Å²) in [5.74, 6) is 0.898. The average Bonchev–Trinajstić information content (AvgIpc) is 3.43. The van der Waals surface area contributed by atoms with Crippen LogP contribution in [0.4, 0.5) is 15.0 Å². The van der Waals surface area contributed by atoms with E-state index in [-0.39, 0.29) is 12.1 Å². The van der Waals surface area contributed by atoms with Crippen molar-refractivity contribution in [1.82, 2.24) is 44.5 Å². The van der Waals surface area contributed by atoms with Gasteiger partial charge in [0.25, 0.3) is 0 Å². The minimum absolute atomic E-state index is 0.0564. The smallest absolute Gasteiger partial charge is 0.410 e. The fraction of sp³-hybridized carbons (Fsp3) is 0.435. The van der Waals surface area contributed by atoms with Crippen molar-refractivity contribution >= 4 is 17.6 Å². The van der Waals surface area contributed by atoms with Crippen molar-refractivity contribution in [2.24, 2.45) is 7.05 Å². The number of nitrogens with zero attached hydrogens (tertiary/aromatic N) is 9. The van der Waals surface area contributed by atoms with Crippen molar-refractivity contribution in [3.8, 4) is 23.0 Å². The molecular formula is C23H27FN10O2. The molecule has 0 radical (unpaired) electrons. The number of amides is 1. The largest absolute Gasteiger partial charge is 0.444 e. The Morgan fingerprint density at radius 2 is 2.08 bits per heavy atom. The van der Waals surface area contributed by atoms with Crippen LogP contribution in [0.2, 0.25) is 0 Å². The molecule has 0 unspecified atom stereocenters. The number of anilines is 1. The summed E-state index contributed by atoms with van der Waals surface area (Å²) in [7, 11) is 1.72. The van der Waals surface area contributed by atoms with Gasteiger partial charge in [-0.25, -0.2) is 28.8 Å². The summed E-state index contributed by atoms with van der Waals surface area (Å²) in [6.07, 6.45) is 4.26. The summed E-state index contributed by atoms with van der Waals surface area (Å²) in [5, 5.41) is 15.1. The molecule has 1 N–H and O–H groups in total. The number of fused-ring (bicyclic) bond motifs is 1. The minimum atomic E-state index is -0.564. The maximum Gasteiger partial charge on any atom is 0.410 e. The predicted octanol–water partition coefficient (Wildman–Crippen LogP) is 2.93. The van der Waals surface area contributed by atoms with Crippen molar-refractivity contribution in [2.45, 2.75) is 45.3 Å². The van der Waals surface area contributed by atoms with Crippen molar-refractivity contribution in [1.29, 1.82) is 0 Å². The predicted molar refractivity (Wildman–Crippen MR) is 128 cm³/mol. The molecule has 4 aromatic rings. The molecule has 13 heteroatoms. The first kappa shape index (κ1) is 23.6. The Hall–Kier alpha value is -4.16. The molecule has 1 aliphatic heterocycles. The van der Waals surface area contributed by atoms with Crippen LogP contribution < -0.4 is 5.32 Å². The lowest BCUT2D eigenvalue weighted by molar-refractivity contribution is 0.0206. The number of aromatic nitrogens is 8. The first-order valence-electron chi connectivity index (χ1n) is 11.7. The molecule has 5 rings (SSSR count). The number of aryl methyl sites for hydroxylation is 1. The highest BCUT2D eigenvalue weighted by molar-refractivity contribution is 5.68. The second kappa shape index (κ2) is 9.13. The van der Waals surface area contributed by atoms with E-state index in [2.05, 4.69) is 30.8 Å². The second-order valence-corrected chi connectivity index (χ2v) is 9.72.